The van der Waals surface area contributed by atoms with E-state index >= 15 is 0 Å². The van der Waals surface area contributed by atoms with E-state index < -0.39 is 0 Å². The van der Waals surface area contributed by atoms with Crippen LogP contribution < -0.4 is 21.3 Å². The fraction of sp³-hybridized carbons (Fsp3) is 0.278. The second-order valence-corrected chi connectivity index (χ2v) is 11.9. The van der Waals surface area contributed by atoms with Crippen molar-refractivity contribution in [2.24, 2.45) is 7.05 Å². The first-order chi connectivity index (χ1) is 22.4. The molecule has 10 heteroatoms. The van der Waals surface area contributed by atoms with E-state index in [1.165, 1.54) is 14.7 Å². The van der Waals surface area contributed by atoms with E-state index in [4.69, 9.17) is 4.74 Å². The topological polar surface area (TPSA) is 119 Å². The van der Waals surface area contributed by atoms with Gasteiger partial charge in [0.15, 0.2) is 0 Å². The quantitative estimate of drug-likeness (QED) is 0.233. The monoisotopic (exact) mass is 617 g/mol. The molecule has 3 aromatic heterocycles. The first-order valence-corrected chi connectivity index (χ1v) is 15.6. The molecule has 0 radical (unpaired) electrons. The van der Waals surface area contributed by atoms with E-state index in [9.17, 15) is 19.5 Å². The molecule has 0 spiro atoms. The maximum absolute atomic E-state index is 14.0. The fourth-order valence-corrected chi connectivity index (χ4v) is 6.34. The average Bonchev–Trinajstić information content (AvgIpc) is 3.93. The number of nitrogens with one attached hydrogen (secondary N) is 1. The van der Waals surface area contributed by atoms with Crippen molar-refractivity contribution >= 4 is 34.3 Å². The summed E-state index contributed by atoms with van der Waals surface area (Å²) >= 11 is 0. The van der Waals surface area contributed by atoms with Gasteiger partial charge in [0, 0.05) is 55.0 Å². The Morgan fingerprint density at radius 2 is 1.85 bits per heavy atom. The highest BCUT2D eigenvalue weighted by atomic mass is 16.5. The Hall–Kier alpha value is -5.06. The lowest BCUT2D eigenvalue weighted by atomic mass is 9.98. The summed E-state index contributed by atoms with van der Waals surface area (Å²) in [7, 11) is 1.67. The highest BCUT2D eigenvalue weighted by molar-refractivity contribution is 5.84. The van der Waals surface area contributed by atoms with Crippen molar-refractivity contribution in [1.29, 1.82) is 0 Å². The number of hydrogen-bond donors (Lipinski definition) is 2. The maximum Gasteiger partial charge on any atom is 0.274 e. The summed E-state index contributed by atoms with van der Waals surface area (Å²) in [6.07, 6.45) is 6.61. The minimum absolute atomic E-state index is 0.0408. The Balaban J connectivity index is 1.28. The van der Waals surface area contributed by atoms with Crippen molar-refractivity contribution < 1.29 is 14.6 Å². The number of aryl methyl sites for hydroxylation is 1. The lowest BCUT2D eigenvalue weighted by Gasteiger charge is -2.28. The van der Waals surface area contributed by atoms with Crippen LogP contribution in [0.2, 0.25) is 0 Å². The zero-order valence-electron chi connectivity index (χ0n) is 25.6. The molecule has 0 unspecified atom stereocenters. The van der Waals surface area contributed by atoms with E-state index in [1.54, 1.807) is 31.6 Å². The third-order valence-corrected chi connectivity index (χ3v) is 8.89. The summed E-state index contributed by atoms with van der Waals surface area (Å²) in [5.41, 5.74) is 4.87. The molecule has 46 heavy (non-hydrogen) atoms. The second kappa shape index (κ2) is 12.4. The lowest BCUT2D eigenvalue weighted by molar-refractivity contribution is -0.107. The van der Waals surface area contributed by atoms with Gasteiger partial charge in [0.2, 0.25) is 0 Å². The largest absolute Gasteiger partial charge is 0.392 e. The molecule has 0 bridgehead atoms. The lowest BCUT2D eigenvalue weighted by Crippen LogP contribution is -2.36. The number of aldehydes is 1. The van der Waals surface area contributed by atoms with Gasteiger partial charge in [-0.05, 0) is 71.7 Å². The zero-order valence-corrected chi connectivity index (χ0v) is 25.6. The molecule has 1 aliphatic heterocycles. The molecule has 1 aliphatic carbocycles. The van der Waals surface area contributed by atoms with Crippen molar-refractivity contribution in [2.75, 3.05) is 36.5 Å². The molecule has 234 valence electrons. The third-order valence-electron chi connectivity index (χ3n) is 8.89. The van der Waals surface area contributed by atoms with Gasteiger partial charge < -0.3 is 29.4 Å². The van der Waals surface area contributed by atoms with Crippen molar-refractivity contribution in [3.05, 3.63) is 111 Å². The van der Waals surface area contributed by atoms with Crippen LogP contribution in [-0.2, 0) is 29.6 Å². The molecule has 5 aromatic rings. The normalized spacial score (nSPS) is 14.9. The molecule has 1 saturated carbocycles. The number of carbonyl (C=O) groups excluding carboxylic acids is 1. The SMILES string of the molecule is Cn1cc(-c2cccc(-n3c(CC=O)cc4cc(C5CC5)ccc4c3=O)c2CO)cc(Nc2ccc(N3CCOCC3)cn2)c1=O. The minimum atomic E-state index is -0.368. The predicted molar refractivity (Wildman–Crippen MR) is 178 cm³/mol. The Morgan fingerprint density at radius 3 is 2.57 bits per heavy atom. The Kier molecular flexibility index (Phi) is 7.98. The first-order valence-electron chi connectivity index (χ1n) is 15.6. The zero-order chi connectivity index (χ0) is 31.8. The number of anilines is 3. The van der Waals surface area contributed by atoms with E-state index in [2.05, 4.69) is 21.3 Å². The molecular formula is C36H35N5O5. The van der Waals surface area contributed by atoms with Crippen LogP contribution >= 0.6 is 0 Å². The summed E-state index contributed by atoms with van der Waals surface area (Å²) in [4.78, 5) is 45.7. The summed E-state index contributed by atoms with van der Waals surface area (Å²) < 4.78 is 8.45. The molecule has 2 fully saturated rings. The van der Waals surface area contributed by atoms with Crippen LogP contribution in [0.1, 0.15) is 35.6 Å². The molecule has 4 heterocycles. The number of fused-ring (bicyclic) bond motifs is 1. The third kappa shape index (κ3) is 5.61. The van der Waals surface area contributed by atoms with Gasteiger partial charge in [-0.25, -0.2) is 4.98 Å². The van der Waals surface area contributed by atoms with Crippen LogP contribution in [0.4, 0.5) is 17.2 Å². The van der Waals surface area contributed by atoms with Crippen molar-refractivity contribution in [3.63, 3.8) is 0 Å². The fourth-order valence-electron chi connectivity index (χ4n) is 6.34. The van der Waals surface area contributed by atoms with Gasteiger partial charge in [-0.2, -0.15) is 0 Å². The standard InChI is InChI=1S/C36H35N5O5/c1-39-21-26(19-32(36(39)45)38-34-10-8-28(20-37-34)40-12-15-46-16-13-40)29-3-2-4-33(31(29)22-43)41-27(11-14-42)18-25-17-24(23-5-6-23)7-9-30(25)35(41)44/h2-4,7-10,14,17-21,23,43H,5-6,11-13,15-16,22H2,1H3,(H,37,38). The van der Waals surface area contributed by atoms with Gasteiger partial charge in [-0.1, -0.05) is 24.3 Å². The van der Waals surface area contributed by atoms with Crippen molar-refractivity contribution in [2.45, 2.75) is 31.8 Å². The Labute approximate surface area is 265 Å². The van der Waals surface area contributed by atoms with E-state index in [0.717, 1.165) is 43.3 Å². The number of aliphatic hydroxyl groups is 1. The smallest absolute Gasteiger partial charge is 0.274 e. The number of aliphatic hydroxyl groups excluding tert-OH is 1. The average molecular weight is 618 g/mol. The van der Waals surface area contributed by atoms with Crippen LogP contribution in [0.5, 0.6) is 0 Å². The molecule has 0 amide bonds. The van der Waals surface area contributed by atoms with Crippen LogP contribution in [-0.4, -0.2) is 51.8 Å². The van der Waals surface area contributed by atoms with Gasteiger partial charge in [0.25, 0.3) is 11.1 Å². The van der Waals surface area contributed by atoms with E-state index in [-0.39, 0.29) is 24.1 Å². The Bertz CT molecular complexity index is 2060. The number of ether oxygens (including phenoxy) is 1. The number of nitrogens with zero attached hydrogens (tertiary/aromatic N) is 4. The highest BCUT2D eigenvalue weighted by Crippen LogP contribution is 2.41. The van der Waals surface area contributed by atoms with Gasteiger partial charge in [-0.3, -0.25) is 14.2 Å². The number of morpholine rings is 1. The molecule has 2 aliphatic rings. The van der Waals surface area contributed by atoms with Crippen molar-refractivity contribution in [1.82, 2.24) is 14.1 Å². The Morgan fingerprint density at radius 1 is 1.02 bits per heavy atom. The first kappa shape index (κ1) is 29.6. The van der Waals surface area contributed by atoms with Crippen LogP contribution in [0, 0.1) is 0 Å². The second-order valence-electron chi connectivity index (χ2n) is 11.9. The molecule has 7 rings (SSSR count). The van der Waals surface area contributed by atoms with Crippen LogP contribution in [0.15, 0.2) is 82.6 Å². The van der Waals surface area contributed by atoms with E-state index in [0.29, 0.717) is 64.1 Å². The molecule has 0 atom stereocenters. The highest BCUT2D eigenvalue weighted by Gasteiger charge is 2.24. The molecule has 2 aromatic carbocycles. The van der Waals surface area contributed by atoms with Crippen LogP contribution in [0.3, 0.4) is 0 Å². The summed E-state index contributed by atoms with van der Waals surface area (Å²) in [6.45, 7) is 2.58. The van der Waals surface area contributed by atoms with Gasteiger partial charge in [-0.15, -0.1) is 0 Å². The number of carbonyl (C=O) groups is 1. The molecule has 2 N–H and O–H groups in total. The number of rotatable bonds is 9. The van der Waals surface area contributed by atoms with Gasteiger partial charge in [0.1, 0.15) is 17.8 Å². The van der Waals surface area contributed by atoms with Crippen LogP contribution in [0.25, 0.3) is 27.6 Å². The molecule has 10 nitrogen and oxygen atoms in total. The molecule has 1 saturated heterocycles. The molecular weight excluding hydrogens is 582 g/mol. The minimum Gasteiger partial charge on any atom is -0.392 e. The van der Waals surface area contributed by atoms with Gasteiger partial charge >= 0.3 is 0 Å². The summed E-state index contributed by atoms with van der Waals surface area (Å²) in [6, 6.07) is 18.8. The van der Waals surface area contributed by atoms with Crippen molar-refractivity contribution in [3.8, 4) is 16.8 Å². The van der Waals surface area contributed by atoms with Gasteiger partial charge in [0.05, 0.1) is 37.4 Å². The predicted octanol–water partition coefficient (Wildman–Crippen LogP) is 4.44. The number of pyridine rings is 3. The number of hydrogen-bond acceptors (Lipinski definition) is 8. The number of benzene rings is 2. The summed E-state index contributed by atoms with van der Waals surface area (Å²) in [5, 5.41) is 15.2. The number of aromatic nitrogens is 3. The maximum atomic E-state index is 14.0. The summed E-state index contributed by atoms with van der Waals surface area (Å²) in [5.74, 6) is 1.05. The van der Waals surface area contributed by atoms with E-state index in [1.807, 2.05) is 42.5 Å².